The molecule has 0 nitrogen and oxygen atoms in total. The van der Waals surface area contributed by atoms with Crippen molar-refractivity contribution in [2.45, 2.75) is 19.3 Å². The van der Waals surface area contributed by atoms with E-state index in [2.05, 4.69) is 147 Å². The molecule has 0 radical (unpaired) electrons. The highest BCUT2D eigenvalue weighted by molar-refractivity contribution is 6.20. The lowest BCUT2D eigenvalue weighted by Gasteiger charge is -2.22. The number of hydrogen-bond donors (Lipinski definition) is 0. The van der Waals surface area contributed by atoms with Crippen molar-refractivity contribution < 1.29 is 0 Å². The van der Waals surface area contributed by atoms with Gasteiger partial charge < -0.3 is 0 Å². The zero-order valence-electron chi connectivity index (χ0n) is 23.2. The summed E-state index contributed by atoms with van der Waals surface area (Å²) >= 11 is 0. The first kappa shape index (κ1) is 22.8. The van der Waals surface area contributed by atoms with E-state index in [4.69, 9.17) is 0 Å². The van der Waals surface area contributed by atoms with Crippen LogP contribution in [-0.2, 0) is 5.41 Å². The van der Waals surface area contributed by atoms with Crippen molar-refractivity contribution in [3.63, 3.8) is 0 Å². The van der Waals surface area contributed by atoms with Crippen molar-refractivity contribution >= 4 is 21.5 Å². The normalized spacial score (nSPS) is 13.8. The highest BCUT2D eigenvalue weighted by Crippen LogP contribution is 2.52. The fourth-order valence-electron chi connectivity index (χ4n) is 7.62. The summed E-state index contributed by atoms with van der Waals surface area (Å²) < 4.78 is 0. The van der Waals surface area contributed by atoms with E-state index in [0.717, 1.165) is 0 Å². The second kappa shape index (κ2) is 8.05. The molecular formula is C41H28. The van der Waals surface area contributed by atoms with Gasteiger partial charge in [-0.1, -0.05) is 135 Å². The van der Waals surface area contributed by atoms with Crippen LogP contribution < -0.4 is 0 Å². The third kappa shape index (κ3) is 3.05. The highest BCUT2D eigenvalue weighted by atomic mass is 14.4. The maximum Gasteiger partial charge on any atom is 0.0159 e. The van der Waals surface area contributed by atoms with Gasteiger partial charge in [0.2, 0.25) is 0 Å². The van der Waals surface area contributed by atoms with E-state index >= 15 is 0 Å². The van der Waals surface area contributed by atoms with Crippen LogP contribution >= 0.6 is 0 Å². The van der Waals surface area contributed by atoms with Crippen LogP contribution in [0.2, 0.25) is 0 Å². The van der Waals surface area contributed by atoms with Crippen LogP contribution in [0, 0.1) is 0 Å². The summed E-state index contributed by atoms with van der Waals surface area (Å²) in [5.41, 5.74) is 16.1. The van der Waals surface area contributed by atoms with E-state index in [1.54, 1.807) is 0 Å². The predicted molar refractivity (Wildman–Crippen MR) is 174 cm³/mol. The topological polar surface area (TPSA) is 0 Å². The Morgan fingerprint density at radius 2 is 0.927 bits per heavy atom. The molecule has 0 saturated heterocycles. The number of rotatable bonds is 2. The molecule has 7 aromatic carbocycles. The maximum absolute atomic E-state index is 2.43. The van der Waals surface area contributed by atoms with Crippen LogP contribution in [0.25, 0.3) is 77.2 Å². The zero-order valence-corrected chi connectivity index (χ0v) is 23.2. The summed E-state index contributed by atoms with van der Waals surface area (Å²) in [4.78, 5) is 0. The predicted octanol–water partition coefficient (Wildman–Crippen LogP) is 11.3. The molecule has 0 N–H and O–H groups in total. The second-order valence-electron chi connectivity index (χ2n) is 12.1. The minimum atomic E-state index is -0.00148. The number of hydrogen-bond acceptors (Lipinski definition) is 0. The summed E-state index contributed by atoms with van der Waals surface area (Å²) in [6.45, 7) is 4.71. The summed E-state index contributed by atoms with van der Waals surface area (Å²) in [5.74, 6) is 0. The van der Waals surface area contributed by atoms with E-state index in [1.807, 2.05) is 0 Å². The molecular weight excluding hydrogens is 492 g/mol. The molecule has 0 saturated carbocycles. The lowest BCUT2D eigenvalue weighted by molar-refractivity contribution is 0.660. The molecule has 0 fully saturated rings. The Labute approximate surface area is 240 Å². The molecule has 0 bridgehead atoms. The second-order valence-corrected chi connectivity index (χ2v) is 12.1. The average Bonchev–Trinajstić information content (AvgIpc) is 3.46. The Morgan fingerprint density at radius 3 is 1.85 bits per heavy atom. The summed E-state index contributed by atoms with van der Waals surface area (Å²) in [6, 6.07) is 49.8. The van der Waals surface area contributed by atoms with Gasteiger partial charge in [-0.05, 0) is 100 Å². The number of benzene rings is 7. The van der Waals surface area contributed by atoms with Gasteiger partial charge >= 0.3 is 0 Å². The van der Waals surface area contributed by atoms with Gasteiger partial charge in [-0.3, -0.25) is 0 Å². The van der Waals surface area contributed by atoms with Crippen molar-refractivity contribution in [2.75, 3.05) is 0 Å². The minimum Gasteiger partial charge on any atom is -0.0619 e. The molecule has 9 rings (SSSR count). The molecule has 0 heteroatoms. The summed E-state index contributed by atoms with van der Waals surface area (Å²) in [7, 11) is 0. The summed E-state index contributed by atoms with van der Waals surface area (Å²) in [6.07, 6.45) is 0. The quantitative estimate of drug-likeness (QED) is 0.213. The van der Waals surface area contributed by atoms with Crippen molar-refractivity contribution in [2.24, 2.45) is 0 Å². The first-order valence-corrected chi connectivity index (χ1v) is 14.5. The smallest absolute Gasteiger partial charge is 0.0159 e. The van der Waals surface area contributed by atoms with Crippen LogP contribution in [-0.4, -0.2) is 0 Å². The fraction of sp³-hybridized carbons (Fsp3) is 0.0732. The van der Waals surface area contributed by atoms with Crippen molar-refractivity contribution in [1.82, 2.24) is 0 Å². The molecule has 0 spiro atoms. The van der Waals surface area contributed by atoms with E-state index < -0.39 is 0 Å². The van der Waals surface area contributed by atoms with E-state index in [1.165, 1.54) is 88.3 Å². The van der Waals surface area contributed by atoms with Gasteiger partial charge in [0.25, 0.3) is 0 Å². The third-order valence-corrected chi connectivity index (χ3v) is 9.64. The van der Waals surface area contributed by atoms with E-state index in [9.17, 15) is 0 Å². The first-order valence-electron chi connectivity index (χ1n) is 14.5. The van der Waals surface area contributed by atoms with Crippen molar-refractivity contribution in [3.05, 3.63) is 145 Å². The highest BCUT2D eigenvalue weighted by Gasteiger charge is 2.35. The molecule has 41 heavy (non-hydrogen) atoms. The van der Waals surface area contributed by atoms with Crippen LogP contribution in [0.15, 0.2) is 133 Å². The molecule has 0 unspecified atom stereocenters. The van der Waals surface area contributed by atoms with Crippen molar-refractivity contribution in [1.29, 1.82) is 0 Å². The van der Waals surface area contributed by atoms with Crippen LogP contribution in [0.4, 0.5) is 0 Å². The SMILES string of the molecule is CC1(C)c2ccccc2-c2ccc(-c3ccc4c(c3)-c3cccc5c(-c6cccc7ccccc67)ccc-4c35)cc21. The molecule has 0 heterocycles. The Kier molecular flexibility index (Phi) is 4.49. The summed E-state index contributed by atoms with van der Waals surface area (Å²) in [5, 5.41) is 5.28. The average molecular weight is 521 g/mol. The van der Waals surface area contributed by atoms with Gasteiger partial charge in [0.05, 0.1) is 0 Å². The lowest BCUT2D eigenvalue weighted by atomic mass is 9.81. The van der Waals surface area contributed by atoms with Gasteiger partial charge in [-0.2, -0.15) is 0 Å². The van der Waals surface area contributed by atoms with Gasteiger partial charge in [-0.25, -0.2) is 0 Å². The molecule has 2 aliphatic carbocycles. The molecule has 192 valence electrons. The van der Waals surface area contributed by atoms with Gasteiger partial charge in [0.15, 0.2) is 0 Å². The van der Waals surface area contributed by atoms with Gasteiger partial charge in [0, 0.05) is 5.41 Å². The van der Waals surface area contributed by atoms with Crippen LogP contribution in [0.1, 0.15) is 25.0 Å². The lowest BCUT2D eigenvalue weighted by Crippen LogP contribution is -2.14. The Bertz CT molecular complexity index is 2220. The molecule has 2 aliphatic rings. The molecule has 0 aliphatic heterocycles. The number of fused-ring (bicyclic) bond motifs is 7. The van der Waals surface area contributed by atoms with E-state index in [-0.39, 0.29) is 5.41 Å². The molecule has 0 atom stereocenters. The largest absolute Gasteiger partial charge is 0.0619 e. The van der Waals surface area contributed by atoms with Crippen LogP contribution in [0.5, 0.6) is 0 Å². The maximum atomic E-state index is 2.43. The Balaban J connectivity index is 1.20. The fourth-order valence-corrected chi connectivity index (χ4v) is 7.62. The standard InChI is InChI=1S/C41H28/c1-41(2)38-16-6-5-12-32(38)33-20-18-27(24-39(33)41)26-17-19-31-36-22-21-30(29-13-7-10-25-9-3-4-11-28(25)29)34-14-8-15-35(40(34)36)37(31)23-26/h3-24H,1-2H3. The molecule has 0 aromatic heterocycles. The van der Waals surface area contributed by atoms with E-state index in [0.29, 0.717) is 0 Å². The monoisotopic (exact) mass is 520 g/mol. The Hall–Kier alpha value is -4.94. The Morgan fingerprint density at radius 1 is 0.366 bits per heavy atom. The first-order chi connectivity index (χ1) is 20.1. The molecule has 0 amide bonds. The van der Waals surface area contributed by atoms with Gasteiger partial charge in [-0.15, -0.1) is 0 Å². The molecule has 7 aromatic rings. The minimum absolute atomic E-state index is 0.00148. The van der Waals surface area contributed by atoms with Crippen molar-refractivity contribution in [3.8, 4) is 55.6 Å². The van der Waals surface area contributed by atoms with Gasteiger partial charge in [0.1, 0.15) is 0 Å². The third-order valence-electron chi connectivity index (χ3n) is 9.64. The van der Waals surface area contributed by atoms with Crippen LogP contribution in [0.3, 0.4) is 0 Å². The zero-order chi connectivity index (χ0) is 27.3.